The topological polar surface area (TPSA) is 57.8 Å². The van der Waals surface area contributed by atoms with E-state index < -0.39 is 0 Å². The molecule has 4 nitrogen and oxygen atoms in total. The van der Waals surface area contributed by atoms with E-state index in [1.165, 1.54) is 11.3 Å². The molecule has 0 atom stereocenters. The lowest BCUT2D eigenvalue weighted by Gasteiger charge is -2.06. The average Bonchev–Trinajstić information content (AvgIpc) is 3.23. The van der Waals surface area contributed by atoms with Gasteiger partial charge in [-0.25, -0.2) is 4.98 Å². The summed E-state index contributed by atoms with van der Waals surface area (Å²) in [5, 5.41) is 6.61. The minimum atomic E-state index is -0.124. The third-order valence-electron chi connectivity index (χ3n) is 4.23. The summed E-state index contributed by atoms with van der Waals surface area (Å²) in [4.78, 5) is 20.4. The summed E-state index contributed by atoms with van der Waals surface area (Å²) in [6.07, 6.45) is 1.95. The number of nitrogens with zero attached hydrogens (tertiary/aromatic N) is 1. The Morgan fingerprint density at radius 2 is 2.00 bits per heavy atom. The smallest absolute Gasteiger partial charge is 0.257 e. The van der Waals surface area contributed by atoms with Crippen molar-refractivity contribution in [1.29, 1.82) is 0 Å². The van der Waals surface area contributed by atoms with E-state index in [1.807, 2.05) is 61.8 Å². The third-order valence-corrected chi connectivity index (χ3v) is 4.99. The molecule has 2 aromatic heterocycles. The summed E-state index contributed by atoms with van der Waals surface area (Å²) in [6, 6.07) is 14.0. The Morgan fingerprint density at radius 3 is 2.88 bits per heavy atom. The Balaban J connectivity index is 1.61. The fourth-order valence-corrected chi connectivity index (χ4v) is 3.59. The molecule has 4 aromatic rings. The second kappa shape index (κ2) is 6.18. The Kier molecular flexibility index (Phi) is 3.86. The van der Waals surface area contributed by atoms with Crippen molar-refractivity contribution in [3.8, 4) is 11.3 Å². The summed E-state index contributed by atoms with van der Waals surface area (Å²) < 4.78 is 0. The monoisotopic (exact) mass is 347 g/mol. The average molecular weight is 347 g/mol. The molecule has 0 saturated carbocycles. The highest BCUT2D eigenvalue weighted by molar-refractivity contribution is 7.14. The van der Waals surface area contributed by atoms with Crippen molar-refractivity contribution < 1.29 is 4.79 Å². The maximum absolute atomic E-state index is 12.5. The summed E-state index contributed by atoms with van der Waals surface area (Å²) in [5.74, 6) is -0.124. The van der Waals surface area contributed by atoms with E-state index in [4.69, 9.17) is 0 Å². The normalized spacial score (nSPS) is 11.0. The fraction of sp³-hybridized carbons (Fsp3) is 0.100. The van der Waals surface area contributed by atoms with Crippen LogP contribution in [-0.2, 0) is 0 Å². The second-order valence-electron chi connectivity index (χ2n) is 6.06. The van der Waals surface area contributed by atoms with Gasteiger partial charge in [0, 0.05) is 33.6 Å². The number of nitrogens with one attached hydrogen (secondary N) is 2. The van der Waals surface area contributed by atoms with Crippen LogP contribution < -0.4 is 5.32 Å². The maximum Gasteiger partial charge on any atom is 0.257 e. The molecule has 0 radical (unpaired) electrons. The van der Waals surface area contributed by atoms with Gasteiger partial charge in [-0.15, -0.1) is 11.3 Å². The Hall–Kier alpha value is -2.92. The zero-order valence-corrected chi connectivity index (χ0v) is 14.8. The van der Waals surface area contributed by atoms with Crippen molar-refractivity contribution in [2.24, 2.45) is 0 Å². The molecule has 0 spiro atoms. The third kappa shape index (κ3) is 2.94. The number of fused-ring (bicyclic) bond motifs is 1. The van der Waals surface area contributed by atoms with Gasteiger partial charge in [-0.05, 0) is 31.5 Å². The van der Waals surface area contributed by atoms with Gasteiger partial charge in [0.15, 0.2) is 5.13 Å². The number of carbonyl (C=O) groups excluding carboxylic acids is 1. The summed E-state index contributed by atoms with van der Waals surface area (Å²) in [7, 11) is 0. The molecular formula is C20H17N3OS. The number of H-pyrrole nitrogens is 1. The number of rotatable bonds is 3. The zero-order chi connectivity index (χ0) is 17.4. The molecule has 0 saturated heterocycles. The lowest BCUT2D eigenvalue weighted by Crippen LogP contribution is -2.13. The molecule has 2 aromatic carbocycles. The number of hydrogen-bond acceptors (Lipinski definition) is 3. The number of aromatic amines is 1. The molecule has 0 unspecified atom stereocenters. The van der Waals surface area contributed by atoms with E-state index in [1.54, 1.807) is 0 Å². The molecule has 0 aliphatic heterocycles. The highest BCUT2D eigenvalue weighted by Crippen LogP contribution is 2.31. The first kappa shape index (κ1) is 15.6. The molecule has 0 fully saturated rings. The molecule has 2 N–H and O–H groups in total. The number of benzene rings is 2. The first-order chi connectivity index (χ1) is 12.1. The molecule has 5 heteroatoms. The summed E-state index contributed by atoms with van der Waals surface area (Å²) in [5.41, 5.74) is 5.68. The van der Waals surface area contributed by atoms with Crippen LogP contribution in [0.15, 0.2) is 54.0 Å². The number of thiazole rings is 1. The highest BCUT2D eigenvalue weighted by Gasteiger charge is 2.14. The lowest BCUT2D eigenvalue weighted by atomic mass is 10.1. The largest absolute Gasteiger partial charge is 0.360 e. The predicted molar refractivity (Wildman–Crippen MR) is 103 cm³/mol. The van der Waals surface area contributed by atoms with Crippen molar-refractivity contribution in [3.63, 3.8) is 0 Å². The van der Waals surface area contributed by atoms with Crippen LogP contribution in [0, 0.1) is 13.8 Å². The van der Waals surface area contributed by atoms with Gasteiger partial charge in [-0.2, -0.15) is 0 Å². The van der Waals surface area contributed by atoms with Gasteiger partial charge in [-0.1, -0.05) is 35.9 Å². The molecule has 124 valence electrons. The maximum atomic E-state index is 12.5. The van der Waals surface area contributed by atoms with Gasteiger partial charge in [0.1, 0.15) is 0 Å². The van der Waals surface area contributed by atoms with Crippen LogP contribution in [0.3, 0.4) is 0 Å². The Morgan fingerprint density at radius 1 is 1.16 bits per heavy atom. The van der Waals surface area contributed by atoms with Crippen molar-refractivity contribution in [2.75, 3.05) is 5.32 Å². The van der Waals surface area contributed by atoms with Gasteiger partial charge < -0.3 is 4.98 Å². The van der Waals surface area contributed by atoms with Crippen LogP contribution >= 0.6 is 11.3 Å². The van der Waals surface area contributed by atoms with E-state index in [0.29, 0.717) is 10.7 Å². The number of hydrogen-bond donors (Lipinski definition) is 2. The lowest BCUT2D eigenvalue weighted by molar-refractivity contribution is 0.102. The van der Waals surface area contributed by atoms with Crippen LogP contribution in [0.1, 0.15) is 21.5 Å². The van der Waals surface area contributed by atoms with Crippen molar-refractivity contribution >= 4 is 33.3 Å². The van der Waals surface area contributed by atoms with Gasteiger partial charge in [0.25, 0.3) is 5.91 Å². The van der Waals surface area contributed by atoms with E-state index >= 15 is 0 Å². The number of aryl methyl sites for hydroxylation is 2. The molecule has 4 rings (SSSR count). The second-order valence-corrected chi connectivity index (χ2v) is 6.92. The predicted octanol–water partition coefficient (Wildman–Crippen LogP) is 5.16. The number of aromatic nitrogens is 2. The van der Waals surface area contributed by atoms with Crippen molar-refractivity contribution in [3.05, 3.63) is 70.7 Å². The molecule has 2 heterocycles. The van der Waals surface area contributed by atoms with Gasteiger partial charge in [-0.3, -0.25) is 10.1 Å². The molecule has 25 heavy (non-hydrogen) atoms. The van der Waals surface area contributed by atoms with E-state index in [-0.39, 0.29) is 5.91 Å². The highest BCUT2D eigenvalue weighted by atomic mass is 32.1. The number of para-hydroxylation sites is 1. The molecule has 1 amide bonds. The molecule has 0 aliphatic rings. The van der Waals surface area contributed by atoms with E-state index in [9.17, 15) is 4.79 Å². The zero-order valence-electron chi connectivity index (χ0n) is 14.0. The minimum absolute atomic E-state index is 0.124. The van der Waals surface area contributed by atoms with Gasteiger partial charge in [0.2, 0.25) is 0 Å². The van der Waals surface area contributed by atoms with Crippen LogP contribution in [0.25, 0.3) is 22.2 Å². The first-order valence-electron chi connectivity index (χ1n) is 8.02. The minimum Gasteiger partial charge on any atom is -0.360 e. The Labute approximate surface area is 149 Å². The summed E-state index contributed by atoms with van der Waals surface area (Å²) >= 11 is 1.43. The molecule has 0 bridgehead atoms. The molecule has 0 aliphatic carbocycles. The number of carbonyl (C=O) groups is 1. The van der Waals surface area contributed by atoms with Gasteiger partial charge >= 0.3 is 0 Å². The molecular weight excluding hydrogens is 330 g/mol. The standard InChI is InChI=1S/C20H17N3OS/c1-12-7-8-13(2)15(9-12)19(24)23-20-22-18(11-25-20)16-10-21-17-6-4-3-5-14(16)17/h3-11,21H,1-2H3,(H,22,23,24). The quantitative estimate of drug-likeness (QED) is 0.538. The Bertz CT molecular complexity index is 1080. The van der Waals surface area contributed by atoms with Crippen LogP contribution in [-0.4, -0.2) is 15.9 Å². The van der Waals surface area contributed by atoms with Crippen molar-refractivity contribution in [1.82, 2.24) is 9.97 Å². The van der Waals surface area contributed by atoms with Gasteiger partial charge in [0.05, 0.1) is 5.69 Å². The number of anilines is 1. The first-order valence-corrected chi connectivity index (χ1v) is 8.90. The van der Waals surface area contributed by atoms with Crippen LogP contribution in [0.5, 0.6) is 0 Å². The van der Waals surface area contributed by atoms with E-state index in [2.05, 4.69) is 21.4 Å². The number of amides is 1. The summed E-state index contributed by atoms with van der Waals surface area (Å²) in [6.45, 7) is 3.92. The fourth-order valence-electron chi connectivity index (χ4n) is 2.88. The van der Waals surface area contributed by atoms with Crippen LogP contribution in [0.2, 0.25) is 0 Å². The SMILES string of the molecule is Cc1ccc(C)c(C(=O)Nc2nc(-c3c[nH]c4ccccc34)cs2)c1. The van der Waals surface area contributed by atoms with Crippen LogP contribution in [0.4, 0.5) is 5.13 Å². The van der Waals surface area contributed by atoms with Crippen molar-refractivity contribution in [2.45, 2.75) is 13.8 Å². The van der Waals surface area contributed by atoms with E-state index in [0.717, 1.165) is 33.3 Å².